The van der Waals surface area contributed by atoms with E-state index in [0.717, 1.165) is 75.4 Å². The molecule has 0 aromatic heterocycles. The van der Waals surface area contributed by atoms with Crippen LogP contribution in [-0.4, -0.2) is 38.3 Å². The smallest absolute Gasteiger partial charge is 0.290 e. The zero-order valence-electron chi connectivity index (χ0n) is 37.6. The molecule has 1 spiro atoms. The molecule has 3 unspecified atom stereocenters. The highest BCUT2D eigenvalue weighted by atomic mass is 16.6. The van der Waals surface area contributed by atoms with Crippen LogP contribution in [0.5, 0.6) is 17.2 Å². The molecule has 2 heterocycles. The van der Waals surface area contributed by atoms with Crippen LogP contribution in [0.15, 0.2) is 98.9 Å². The summed E-state index contributed by atoms with van der Waals surface area (Å²) in [7, 11) is 0. The van der Waals surface area contributed by atoms with Crippen LogP contribution in [0, 0.1) is 5.92 Å². The Morgan fingerprint density at radius 2 is 1.29 bits per heavy atom. The first-order valence-electron chi connectivity index (χ1n) is 21.9. The van der Waals surface area contributed by atoms with Crippen LogP contribution in [0.2, 0.25) is 0 Å². The number of hydrogen-bond donors (Lipinski definition) is 3. The van der Waals surface area contributed by atoms with Crippen LogP contribution in [0.4, 0.5) is 0 Å². The lowest BCUT2D eigenvalue weighted by molar-refractivity contribution is -0.190. The van der Waals surface area contributed by atoms with E-state index in [1.165, 1.54) is 33.9 Å². The van der Waals surface area contributed by atoms with E-state index in [9.17, 15) is 20.1 Å². The maximum atomic E-state index is 15.4. The van der Waals surface area contributed by atoms with E-state index >= 15 is 4.79 Å². The number of rotatable bonds is 11. The number of carbonyl (C=O) groups excluding carboxylic acids is 2. The summed E-state index contributed by atoms with van der Waals surface area (Å²) in [4.78, 5) is 30.3. The second-order valence-corrected chi connectivity index (χ2v) is 18.6. The van der Waals surface area contributed by atoms with Crippen LogP contribution >= 0.6 is 0 Å². The number of Topliss-reactive ketones (excluding diaryl/α,β-unsaturated/α-hetero) is 2. The van der Waals surface area contributed by atoms with Gasteiger partial charge in [-0.3, -0.25) is 9.59 Å². The fourth-order valence-corrected chi connectivity index (χ4v) is 9.24. The minimum atomic E-state index is -2.62. The molecule has 0 saturated carbocycles. The van der Waals surface area contributed by atoms with Crippen molar-refractivity contribution >= 4 is 11.6 Å². The lowest BCUT2D eigenvalue weighted by Gasteiger charge is -2.41. The van der Waals surface area contributed by atoms with Gasteiger partial charge < -0.3 is 24.8 Å². The maximum absolute atomic E-state index is 15.4. The van der Waals surface area contributed by atoms with Gasteiger partial charge in [-0.15, -0.1) is 0 Å². The van der Waals surface area contributed by atoms with Crippen LogP contribution in [0.25, 0.3) is 0 Å². The predicted octanol–water partition coefficient (Wildman–Crippen LogP) is 12.5. The molecule has 7 nitrogen and oxygen atoms in total. The van der Waals surface area contributed by atoms with E-state index in [2.05, 4.69) is 71.9 Å². The van der Waals surface area contributed by atoms with Gasteiger partial charge in [0.1, 0.15) is 16.8 Å². The van der Waals surface area contributed by atoms with Gasteiger partial charge in [-0.25, -0.2) is 0 Å². The summed E-state index contributed by atoms with van der Waals surface area (Å²) in [6.07, 6.45) is 25.9. The third kappa shape index (κ3) is 9.83. The molecule has 0 fully saturated rings. The van der Waals surface area contributed by atoms with Gasteiger partial charge in [-0.1, -0.05) is 81.5 Å². The lowest BCUT2D eigenvalue weighted by Crippen LogP contribution is -2.64. The molecular formula is C52H70O7. The molecule has 1 aromatic carbocycles. The molecule has 0 saturated heterocycles. The molecule has 3 N–H and O–H groups in total. The second-order valence-electron chi connectivity index (χ2n) is 18.6. The molecule has 320 valence electrons. The zero-order chi connectivity index (χ0) is 43.3. The van der Waals surface area contributed by atoms with Crippen molar-refractivity contribution in [1.82, 2.24) is 0 Å². The Labute approximate surface area is 354 Å². The summed E-state index contributed by atoms with van der Waals surface area (Å²) < 4.78 is 12.8. The number of carbonyl (C=O) groups is 2. The molecule has 3 atom stereocenters. The van der Waals surface area contributed by atoms with Crippen molar-refractivity contribution in [2.75, 3.05) is 0 Å². The van der Waals surface area contributed by atoms with E-state index in [1.807, 2.05) is 39.8 Å². The number of benzene rings is 1. The van der Waals surface area contributed by atoms with Crippen molar-refractivity contribution in [1.29, 1.82) is 0 Å². The van der Waals surface area contributed by atoms with E-state index < -0.39 is 45.8 Å². The summed E-state index contributed by atoms with van der Waals surface area (Å²) in [5.74, 6) is -5.18. The molecule has 4 bridgehead atoms. The molecule has 6 rings (SSSR count). The minimum absolute atomic E-state index is 0.0107. The van der Waals surface area contributed by atoms with Gasteiger partial charge in [0.25, 0.3) is 5.79 Å². The number of allylic oxidation sites excluding steroid dienone is 15. The van der Waals surface area contributed by atoms with Crippen molar-refractivity contribution in [3.63, 3.8) is 0 Å². The van der Waals surface area contributed by atoms with Crippen LogP contribution in [-0.2, 0) is 26.2 Å². The molecule has 5 aliphatic rings. The first-order valence-corrected chi connectivity index (χ1v) is 21.9. The van der Waals surface area contributed by atoms with Gasteiger partial charge in [0.05, 0.1) is 5.57 Å². The minimum Gasteiger partial charge on any atom is -0.504 e. The van der Waals surface area contributed by atoms with E-state index in [4.69, 9.17) is 9.47 Å². The number of hydrogen-bond acceptors (Lipinski definition) is 7. The Hall–Kier alpha value is -4.36. The number of aromatic hydroxyl groups is 2. The van der Waals surface area contributed by atoms with E-state index in [0.29, 0.717) is 12.8 Å². The number of phenols is 2. The van der Waals surface area contributed by atoms with E-state index in [-0.39, 0.29) is 41.1 Å². The van der Waals surface area contributed by atoms with Crippen LogP contribution in [0.1, 0.15) is 164 Å². The Kier molecular flexibility index (Phi) is 14.7. The third-order valence-electron chi connectivity index (χ3n) is 13.0. The topological polar surface area (TPSA) is 113 Å². The Morgan fingerprint density at radius 1 is 0.746 bits per heavy atom. The summed E-state index contributed by atoms with van der Waals surface area (Å²) >= 11 is 0. The Bertz CT molecular complexity index is 2060. The van der Waals surface area contributed by atoms with Crippen LogP contribution < -0.4 is 4.74 Å². The van der Waals surface area contributed by atoms with Crippen molar-refractivity contribution in [3.05, 3.63) is 110 Å². The zero-order valence-corrected chi connectivity index (χ0v) is 37.6. The monoisotopic (exact) mass is 807 g/mol. The van der Waals surface area contributed by atoms with E-state index in [1.54, 1.807) is 0 Å². The van der Waals surface area contributed by atoms with Gasteiger partial charge in [0, 0.05) is 23.1 Å². The van der Waals surface area contributed by atoms with Crippen LogP contribution in [0.3, 0.4) is 0 Å². The van der Waals surface area contributed by atoms with Crippen molar-refractivity contribution in [2.24, 2.45) is 5.92 Å². The molecule has 0 radical (unpaired) electrons. The summed E-state index contributed by atoms with van der Waals surface area (Å²) in [6.45, 7) is 20.7. The Balaban J connectivity index is 1.49. The van der Waals surface area contributed by atoms with Gasteiger partial charge in [-0.2, -0.15) is 0 Å². The first-order chi connectivity index (χ1) is 27.8. The molecular weight excluding hydrogens is 737 g/mol. The second kappa shape index (κ2) is 18.9. The van der Waals surface area contributed by atoms with Crippen molar-refractivity contribution < 1.29 is 34.4 Å². The molecule has 0 amide bonds. The molecule has 2 aliphatic heterocycles. The third-order valence-corrected chi connectivity index (χ3v) is 13.0. The number of ketones is 2. The number of ether oxygens (including phenoxy) is 2. The fourth-order valence-electron chi connectivity index (χ4n) is 9.24. The molecule has 59 heavy (non-hydrogen) atoms. The number of fused-ring (bicyclic) bond motifs is 10. The largest absolute Gasteiger partial charge is 0.504 e. The highest BCUT2D eigenvalue weighted by Gasteiger charge is 2.75. The summed E-state index contributed by atoms with van der Waals surface area (Å²) in [5, 5.41) is 35.4. The number of aliphatic hydroxyl groups is 1. The van der Waals surface area contributed by atoms with Crippen molar-refractivity contribution in [2.45, 2.75) is 176 Å². The maximum Gasteiger partial charge on any atom is 0.290 e. The quantitative estimate of drug-likeness (QED) is 0.151. The average Bonchev–Trinajstić information content (AvgIpc) is 3.58. The highest BCUT2D eigenvalue weighted by Crippen LogP contribution is 2.62. The van der Waals surface area contributed by atoms with Gasteiger partial charge in [0.2, 0.25) is 11.6 Å². The van der Waals surface area contributed by atoms with Crippen molar-refractivity contribution in [3.8, 4) is 17.2 Å². The molecule has 3 aliphatic carbocycles. The van der Waals surface area contributed by atoms with Gasteiger partial charge >= 0.3 is 0 Å². The lowest BCUT2D eigenvalue weighted by atomic mass is 9.60. The molecule has 7 heteroatoms. The fraction of sp³-hybridized carbons (Fsp3) is 0.538. The predicted molar refractivity (Wildman–Crippen MR) is 238 cm³/mol. The SMILES string of the molecule is CC(C)=CCCC(C)=CCCC(C)=CCCC(C)=CCc1c(O)c(O)cc2c1C13CC=C(C)CCC=C(C)CCC=C(C)CCC4C(=C(OC4(C)C)C1=O)C(=O)C3(O)O2. The van der Waals surface area contributed by atoms with Gasteiger partial charge in [0.15, 0.2) is 17.3 Å². The highest BCUT2D eigenvalue weighted by molar-refractivity contribution is 6.21. The number of phenolic OH excluding ortho intramolecular Hbond substituents is 2. The molecule has 1 aromatic rings. The first kappa shape index (κ1) is 45.7. The Morgan fingerprint density at radius 3 is 1.88 bits per heavy atom. The summed E-state index contributed by atoms with van der Waals surface area (Å²) in [6, 6.07) is 1.22. The summed E-state index contributed by atoms with van der Waals surface area (Å²) in [5.41, 5.74) is 6.49. The normalized spacial score (nSPS) is 25.3. The standard InChI is InChI=1S/C52H70O7/c1-33(2)16-11-17-34(3)18-12-19-35(4)20-13-23-37(6)26-28-40-45-43(32-42(53)46(40)54)58-52(57)48(55)44-41-29-27-38(7)24-14-21-36(5)22-15-25-39(8)30-31-51(45,52)49(56)47(44)59-50(41,9)10/h16,18,20,22,24,26,30,32,41,53-54,57H,11-15,17,19,21,23,25,27-29,31H2,1-10H3. The van der Waals surface area contributed by atoms with Gasteiger partial charge in [-0.05, 0) is 159 Å². The average molecular weight is 807 g/mol.